The van der Waals surface area contributed by atoms with Crippen molar-refractivity contribution >= 4 is 19.8 Å². The van der Waals surface area contributed by atoms with Crippen LogP contribution in [0, 0.1) is 0 Å². The first-order chi connectivity index (χ1) is 24.5. The molecule has 1 unspecified atom stereocenters. The molecule has 0 aliphatic rings. The molecule has 0 aromatic carbocycles. The third-order valence-electron chi connectivity index (χ3n) is 8.69. The summed E-state index contributed by atoms with van der Waals surface area (Å²) in [4.78, 5) is 37.4. The molecule has 0 aliphatic heterocycles. The van der Waals surface area contributed by atoms with Crippen molar-refractivity contribution in [2.24, 2.45) is 0 Å². The average molecular weight is 744 g/mol. The van der Waals surface area contributed by atoms with Crippen LogP contribution in [0.4, 0.5) is 0 Å². The minimum Gasteiger partial charge on any atom is -0.756 e. The molecule has 0 N–H and O–H groups in total. The predicted molar refractivity (Wildman–Crippen MR) is 208 cm³/mol. The van der Waals surface area contributed by atoms with Gasteiger partial charge in [-0.05, 0) is 64.2 Å². The van der Waals surface area contributed by atoms with E-state index < -0.39 is 32.5 Å². The smallest absolute Gasteiger partial charge is 0.306 e. The number of esters is 2. The van der Waals surface area contributed by atoms with Crippen LogP contribution in [0.5, 0.6) is 0 Å². The van der Waals surface area contributed by atoms with Gasteiger partial charge in [0.15, 0.2) is 6.10 Å². The highest BCUT2D eigenvalue weighted by Gasteiger charge is 2.21. The first kappa shape index (κ1) is 49.5. The third-order valence-corrected chi connectivity index (χ3v) is 9.66. The Hall–Kier alpha value is -1.51. The number of rotatable bonds is 37. The van der Waals surface area contributed by atoms with Crippen molar-refractivity contribution < 1.29 is 42.1 Å². The summed E-state index contributed by atoms with van der Waals surface area (Å²) in [6, 6.07) is 0. The second-order valence-corrected chi connectivity index (χ2v) is 16.4. The van der Waals surface area contributed by atoms with E-state index in [0.717, 1.165) is 70.6 Å². The van der Waals surface area contributed by atoms with Gasteiger partial charge in [0.2, 0.25) is 0 Å². The summed E-state index contributed by atoms with van der Waals surface area (Å²) in [5.41, 5.74) is 0. The van der Waals surface area contributed by atoms with Crippen LogP contribution in [0.25, 0.3) is 0 Å². The molecule has 0 saturated heterocycles. The van der Waals surface area contributed by atoms with Gasteiger partial charge in [0.1, 0.15) is 19.8 Å². The van der Waals surface area contributed by atoms with Crippen molar-refractivity contribution in [2.45, 2.75) is 180 Å². The van der Waals surface area contributed by atoms with E-state index in [9.17, 15) is 19.0 Å². The molecule has 51 heavy (non-hydrogen) atoms. The van der Waals surface area contributed by atoms with Crippen molar-refractivity contribution in [2.75, 3.05) is 47.5 Å². The lowest BCUT2D eigenvalue weighted by molar-refractivity contribution is -0.870. The van der Waals surface area contributed by atoms with Crippen molar-refractivity contribution in [1.29, 1.82) is 0 Å². The summed E-state index contributed by atoms with van der Waals surface area (Å²) in [6.07, 6.45) is 34.8. The maximum absolute atomic E-state index is 12.6. The Balaban J connectivity index is 4.42. The second-order valence-electron chi connectivity index (χ2n) is 15.0. The minimum absolute atomic E-state index is 0.0328. The van der Waals surface area contributed by atoms with Crippen LogP contribution in [0.3, 0.4) is 0 Å². The van der Waals surface area contributed by atoms with Crippen molar-refractivity contribution in [3.05, 3.63) is 24.3 Å². The second kappa shape index (κ2) is 34.3. The molecule has 0 fully saturated rings. The molecule has 0 bridgehead atoms. The van der Waals surface area contributed by atoms with Crippen LogP contribution in [-0.4, -0.2) is 70.0 Å². The van der Waals surface area contributed by atoms with Gasteiger partial charge in [0.05, 0.1) is 27.7 Å². The lowest BCUT2D eigenvalue weighted by atomic mass is 10.1. The SMILES string of the molecule is CCCCCC/C=C\CCCCCCCC(=O)O[C@H](COC(=O)CCCCCCC/C=C\CCCCCCC)COP(=O)([O-])OCC[N+](C)(C)C. The lowest BCUT2D eigenvalue weighted by Gasteiger charge is -2.28. The van der Waals surface area contributed by atoms with E-state index in [1.54, 1.807) is 0 Å². The first-order valence-corrected chi connectivity index (χ1v) is 22.0. The van der Waals surface area contributed by atoms with Crippen molar-refractivity contribution in [3.8, 4) is 0 Å². The number of unbranched alkanes of at least 4 members (excludes halogenated alkanes) is 19. The lowest BCUT2D eigenvalue weighted by Crippen LogP contribution is -2.37. The minimum atomic E-state index is -4.62. The number of hydrogen-bond donors (Lipinski definition) is 0. The summed E-state index contributed by atoms with van der Waals surface area (Å²) in [5.74, 6) is -0.854. The summed E-state index contributed by atoms with van der Waals surface area (Å²) in [5, 5.41) is 0. The maximum Gasteiger partial charge on any atom is 0.306 e. The number of quaternary nitrogens is 1. The number of phosphoric acid groups is 1. The molecule has 0 rings (SSSR count). The van der Waals surface area contributed by atoms with E-state index in [0.29, 0.717) is 17.4 Å². The van der Waals surface area contributed by atoms with Crippen LogP contribution in [0.15, 0.2) is 24.3 Å². The molecular formula is C41H78NO8P. The van der Waals surface area contributed by atoms with Crippen LogP contribution < -0.4 is 4.89 Å². The summed E-state index contributed by atoms with van der Waals surface area (Å²) in [6.45, 7) is 4.17. The fraction of sp³-hybridized carbons (Fsp3) is 0.854. The van der Waals surface area contributed by atoms with Gasteiger partial charge in [-0.25, -0.2) is 0 Å². The fourth-order valence-corrected chi connectivity index (χ4v) is 6.14. The number of likely N-dealkylation sites (N-methyl/N-ethyl adjacent to an activating group) is 1. The molecule has 0 aromatic rings. The number of carbonyl (C=O) groups excluding carboxylic acids is 2. The molecular weight excluding hydrogens is 665 g/mol. The Morgan fingerprint density at radius 2 is 1.00 bits per heavy atom. The predicted octanol–water partition coefficient (Wildman–Crippen LogP) is 10.6. The average Bonchev–Trinajstić information content (AvgIpc) is 3.07. The van der Waals surface area contributed by atoms with E-state index in [2.05, 4.69) is 38.2 Å². The third kappa shape index (κ3) is 38.0. The summed E-state index contributed by atoms with van der Waals surface area (Å²) >= 11 is 0. The Kier molecular flexibility index (Phi) is 33.3. The largest absolute Gasteiger partial charge is 0.756 e. The molecule has 9 nitrogen and oxygen atoms in total. The van der Waals surface area contributed by atoms with Crippen LogP contribution in [-0.2, 0) is 32.7 Å². The zero-order valence-electron chi connectivity index (χ0n) is 33.6. The normalized spacial score (nSPS) is 13.9. The fourth-order valence-electron chi connectivity index (χ4n) is 5.41. The molecule has 0 aromatic heterocycles. The van der Waals surface area contributed by atoms with Crippen molar-refractivity contribution in [3.63, 3.8) is 0 Å². The number of nitrogens with zero attached hydrogens (tertiary/aromatic N) is 1. The zero-order chi connectivity index (χ0) is 37.9. The van der Waals surface area contributed by atoms with Gasteiger partial charge in [-0.1, -0.05) is 122 Å². The molecule has 10 heteroatoms. The monoisotopic (exact) mass is 744 g/mol. The standard InChI is InChI=1S/C41H78NO8P/c1-6-8-10-12-14-16-18-20-22-23-25-27-29-31-33-40(43)47-37-39(38-49-51(45,46)48-36-35-42(3,4)5)50-41(44)34-32-30-28-26-24-21-19-17-15-13-11-9-7-2/h17-20,39H,6-16,21-38H2,1-5H3/b19-17-,20-18-/t39-/m1/s1. The van der Waals surface area contributed by atoms with E-state index in [-0.39, 0.29) is 26.1 Å². The molecule has 300 valence electrons. The van der Waals surface area contributed by atoms with Gasteiger partial charge in [0.25, 0.3) is 7.82 Å². The molecule has 0 amide bonds. The Morgan fingerprint density at radius 1 is 0.588 bits per heavy atom. The molecule has 0 aliphatic carbocycles. The quantitative estimate of drug-likeness (QED) is 0.0203. The number of phosphoric ester groups is 1. The van der Waals surface area contributed by atoms with E-state index in [4.69, 9.17) is 18.5 Å². The molecule has 0 saturated carbocycles. The van der Waals surface area contributed by atoms with Crippen LogP contribution in [0.1, 0.15) is 174 Å². The molecule has 0 spiro atoms. The highest BCUT2D eigenvalue weighted by Crippen LogP contribution is 2.38. The number of allylic oxidation sites excluding steroid dienone is 4. The van der Waals surface area contributed by atoms with Gasteiger partial charge in [-0.15, -0.1) is 0 Å². The van der Waals surface area contributed by atoms with Crippen LogP contribution >= 0.6 is 7.82 Å². The van der Waals surface area contributed by atoms with E-state index in [1.165, 1.54) is 70.6 Å². The Morgan fingerprint density at radius 3 is 1.47 bits per heavy atom. The van der Waals surface area contributed by atoms with Gasteiger partial charge in [-0.3, -0.25) is 14.2 Å². The van der Waals surface area contributed by atoms with Gasteiger partial charge >= 0.3 is 11.9 Å². The molecule has 0 radical (unpaired) electrons. The first-order valence-electron chi connectivity index (χ1n) is 20.5. The van der Waals surface area contributed by atoms with Gasteiger partial charge in [0, 0.05) is 12.8 Å². The molecule has 2 atom stereocenters. The zero-order valence-corrected chi connectivity index (χ0v) is 34.4. The number of hydrogen-bond acceptors (Lipinski definition) is 8. The Labute approximate surface area is 313 Å². The molecule has 0 heterocycles. The highest BCUT2D eigenvalue weighted by atomic mass is 31.2. The maximum atomic E-state index is 12.6. The number of ether oxygens (including phenoxy) is 2. The van der Waals surface area contributed by atoms with Crippen LogP contribution in [0.2, 0.25) is 0 Å². The summed E-state index contributed by atoms with van der Waals surface area (Å²) in [7, 11) is 1.16. The summed E-state index contributed by atoms with van der Waals surface area (Å²) < 4.78 is 33.8. The van der Waals surface area contributed by atoms with E-state index in [1.807, 2.05) is 21.1 Å². The van der Waals surface area contributed by atoms with Gasteiger partial charge < -0.3 is 27.9 Å². The van der Waals surface area contributed by atoms with E-state index >= 15 is 0 Å². The highest BCUT2D eigenvalue weighted by molar-refractivity contribution is 7.45. The van der Waals surface area contributed by atoms with Crippen molar-refractivity contribution in [1.82, 2.24) is 0 Å². The Bertz CT molecular complexity index is 933. The topological polar surface area (TPSA) is 111 Å². The van der Waals surface area contributed by atoms with Gasteiger partial charge in [-0.2, -0.15) is 0 Å². The number of carbonyl (C=O) groups is 2.